The van der Waals surface area contributed by atoms with Gasteiger partial charge in [-0.1, -0.05) is 12.8 Å². The molecule has 3 aliphatic rings. The molecule has 2 heterocycles. The molecule has 6 heteroatoms. The Morgan fingerprint density at radius 3 is 2.83 bits per heavy atom. The largest absolute Gasteiger partial charge is 0.444 e. The van der Waals surface area contributed by atoms with E-state index in [0.29, 0.717) is 35.8 Å². The average molecular weight is 324 g/mol. The van der Waals surface area contributed by atoms with Gasteiger partial charge in [0.25, 0.3) is 0 Å². The summed E-state index contributed by atoms with van der Waals surface area (Å²) < 4.78 is 7.62. The van der Waals surface area contributed by atoms with Gasteiger partial charge in [-0.25, -0.2) is 0 Å². The van der Waals surface area contributed by atoms with Crippen LogP contribution in [-0.4, -0.2) is 15.6 Å². The Balaban J connectivity index is 1.85. The van der Waals surface area contributed by atoms with Crippen LogP contribution in [0.2, 0.25) is 0 Å². The molecule has 4 rings (SSSR count). The first-order valence-electron chi connectivity index (χ1n) is 8.58. The highest BCUT2D eigenvalue weighted by molar-refractivity contribution is 5.99. The van der Waals surface area contributed by atoms with Gasteiger partial charge in [0.2, 0.25) is 5.88 Å². The third kappa shape index (κ3) is 2.23. The van der Waals surface area contributed by atoms with Crippen molar-refractivity contribution in [2.24, 2.45) is 5.73 Å². The molecular weight excluding hydrogens is 304 g/mol. The third-order valence-corrected chi connectivity index (χ3v) is 5.27. The highest BCUT2D eigenvalue weighted by Crippen LogP contribution is 2.44. The van der Waals surface area contributed by atoms with Crippen LogP contribution in [0, 0.1) is 11.3 Å². The van der Waals surface area contributed by atoms with Crippen LogP contribution in [0.25, 0.3) is 0 Å². The lowest BCUT2D eigenvalue weighted by Gasteiger charge is -2.31. The van der Waals surface area contributed by atoms with Gasteiger partial charge >= 0.3 is 0 Å². The van der Waals surface area contributed by atoms with E-state index in [1.54, 1.807) is 6.20 Å². The van der Waals surface area contributed by atoms with Crippen molar-refractivity contribution in [3.05, 3.63) is 40.7 Å². The molecule has 0 amide bonds. The molecule has 1 aliphatic heterocycles. The number of nitrogens with zero attached hydrogens (tertiary/aromatic N) is 3. The maximum Gasteiger partial charge on any atom is 0.205 e. The number of ketones is 1. The number of carbonyl (C=O) groups excluding carboxylic acids is 1. The molecule has 0 unspecified atom stereocenters. The lowest BCUT2D eigenvalue weighted by atomic mass is 9.79. The normalized spacial score (nSPS) is 24.8. The van der Waals surface area contributed by atoms with Gasteiger partial charge in [-0.05, 0) is 25.3 Å². The minimum Gasteiger partial charge on any atom is -0.444 e. The SMILES string of the molecule is N#CC1=C(N)OC2=C(C(=O)CCC2)[C@@H]1c1ccnn1C1CCCC1. The first-order valence-corrected chi connectivity index (χ1v) is 8.58. The van der Waals surface area contributed by atoms with Crippen LogP contribution in [0.1, 0.15) is 62.6 Å². The van der Waals surface area contributed by atoms with Crippen molar-refractivity contribution >= 4 is 5.78 Å². The van der Waals surface area contributed by atoms with E-state index in [9.17, 15) is 10.1 Å². The summed E-state index contributed by atoms with van der Waals surface area (Å²) in [7, 11) is 0. The van der Waals surface area contributed by atoms with E-state index in [0.717, 1.165) is 25.0 Å². The Morgan fingerprint density at radius 2 is 2.08 bits per heavy atom. The molecule has 1 aromatic rings. The molecule has 6 nitrogen and oxygen atoms in total. The first kappa shape index (κ1) is 15.0. The second kappa shape index (κ2) is 5.82. The molecule has 124 valence electrons. The maximum atomic E-state index is 12.6. The highest BCUT2D eigenvalue weighted by atomic mass is 16.5. The predicted molar refractivity (Wildman–Crippen MR) is 86.3 cm³/mol. The Bertz CT molecular complexity index is 790. The molecule has 1 saturated carbocycles. The number of allylic oxidation sites excluding steroid dienone is 3. The lowest BCUT2D eigenvalue weighted by Crippen LogP contribution is -2.29. The third-order valence-electron chi connectivity index (χ3n) is 5.27. The van der Waals surface area contributed by atoms with Crippen LogP contribution in [0.4, 0.5) is 0 Å². The van der Waals surface area contributed by atoms with E-state index in [2.05, 4.69) is 11.2 Å². The van der Waals surface area contributed by atoms with Gasteiger partial charge < -0.3 is 10.5 Å². The monoisotopic (exact) mass is 324 g/mol. The fourth-order valence-electron chi connectivity index (χ4n) is 4.16. The summed E-state index contributed by atoms with van der Waals surface area (Å²) in [6, 6.07) is 4.41. The van der Waals surface area contributed by atoms with E-state index in [-0.39, 0.29) is 11.7 Å². The Morgan fingerprint density at radius 1 is 1.29 bits per heavy atom. The molecule has 0 aromatic carbocycles. The fourth-order valence-corrected chi connectivity index (χ4v) is 4.16. The summed E-state index contributed by atoms with van der Waals surface area (Å²) in [5.74, 6) is 0.359. The fraction of sp³-hybridized carbons (Fsp3) is 0.500. The lowest BCUT2D eigenvalue weighted by molar-refractivity contribution is -0.116. The van der Waals surface area contributed by atoms with Crippen LogP contribution in [0.15, 0.2) is 35.1 Å². The van der Waals surface area contributed by atoms with E-state index >= 15 is 0 Å². The number of aromatic nitrogens is 2. The number of ether oxygens (including phenoxy) is 1. The van der Waals surface area contributed by atoms with E-state index in [4.69, 9.17) is 10.5 Å². The van der Waals surface area contributed by atoms with Crippen molar-refractivity contribution in [3.8, 4) is 6.07 Å². The molecule has 24 heavy (non-hydrogen) atoms. The number of rotatable bonds is 2. The summed E-state index contributed by atoms with van der Waals surface area (Å²) in [5, 5.41) is 14.1. The second-order valence-electron chi connectivity index (χ2n) is 6.68. The molecule has 2 aliphatic carbocycles. The zero-order valence-corrected chi connectivity index (χ0v) is 13.5. The van der Waals surface area contributed by atoms with Crippen LogP contribution in [0.5, 0.6) is 0 Å². The van der Waals surface area contributed by atoms with Gasteiger partial charge in [0, 0.05) is 24.6 Å². The number of hydrogen-bond donors (Lipinski definition) is 1. The number of carbonyl (C=O) groups is 1. The van der Waals surface area contributed by atoms with Crippen molar-refractivity contribution in [2.75, 3.05) is 0 Å². The highest BCUT2D eigenvalue weighted by Gasteiger charge is 2.40. The Kier molecular flexibility index (Phi) is 3.64. The molecule has 1 atom stereocenters. The molecule has 0 spiro atoms. The Hall–Kier alpha value is -2.55. The summed E-state index contributed by atoms with van der Waals surface area (Å²) in [6.45, 7) is 0. The van der Waals surface area contributed by atoms with E-state index < -0.39 is 5.92 Å². The smallest absolute Gasteiger partial charge is 0.205 e. The van der Waals surface area contributed by atoms with Gasteiger partial charge in [0.15, 0.2) is 5.78 Å². The Labute approximate surface area is 140 Å². The van der Waals surface area contributed by atoms with Gasteiger partial charge in [0.05, 0.1) is 17.7 Å². The molecular formula is C18H20N4O2. The van der Waals surface area contributed by atoms with Gasteiger partial charge in [-0.15, -0.1) is 0 Å². The topological polar surface area (TPSA) is 93.9 Å². The molecule has 0 radical (unpaired) electrons. The van der Waals surface area contributed by atoms with Crippen molar-refractivity contribution in [2.45, 2.75) is 56.9 Å². The molecule has 0 bridgehead atoms. The first-order chi connectivity index (χ1) is 11.7. The van der Waals surface area contributed by atoms with Crippen LogP contribution in [0.3, 0.4) is 0 Å². The second-order valence-corrected chi connectivity index (χ2v) is 6.68. The van der Waals surface area contributed by atoms with Crippen LogP contribution >= 0.6 is 0 Å². The van der Waals surface area contributed by atoms with Gasteiger partial charge in [0.1, 0.15) is 17.4 Å². The summed E-state index contributed by atoms with van der Waals surface area (Å²) in [5.41, 5.74) is 7.81. The van der Waals surface area contributed by atoms with Gasteiger partial charge in [-0.2, -0.15) is 10.4 Å². The predicted octanol–water partition coefficient (Wildman–Crippen LogP) is 2.81. The standard InChI is InChI=1S/C18H20N4O2/c19-10-12-16(13-8-9-21-22(13)11-4-1-2-5-11)17-14(23)6-3-7-15(17)24-18(12)20/h8-9,11,16H,1-7,20H2/t16-/m0/s1. The minimum absolute atomic E-state index is 0.0562. The maximum absolute atomic E-state index is 12.6. The number of nitriles is 1. The number of hydrogen-bond acceptors (Lipinski definition) is 5. The quantitative estimate of drug-likeness (QED) is 0.902. The zero-order valence-electron chi connectivity index (χ0n) is 13.5. The number of Topliss-reactive ketones (excluding diaryl/α,β-unsaturated/α-hetero) is 1. The molecule has 2 N–H and O–H groups in total. The summed E-state index contributed by atoms with van der Waals surface area (Å²) in [4.78, 5) is 12.6. The van der Waals surface area contributed by atoms with E-state index in [1.165, 1.54) is 12.8 Å². The molecule has 1 fully saturated rings. The molecule has 0 saturated heterocycles. The average Bonchev–Trinajstić information content (AvgIpc) is 3.24. The summed E-state index contributed by atoms with van der Waals surface area (Å²) in [6.07, 6.45) is 8.24. The van der Waals surface area contributed by atoms with Crippen molar-refractivity contribution in [1.82, 2.24) is 9.78 Å². The van der Waals surface area contributed by atoms with Gasteiger partial charge in [-0.3, -0.25) is 9.48 Å². The number of nitrogens with two attached hydrogens (primary N) is 1. The minimum atomic E-state index is -0.449. The van der Waals surface area contributed by atoms with Crippen molar-refractivity contribution in [3.63, 3.8) is 0 Å². The summed E-state index contributed by atoms with van der Waals surface area (Å²) >= 11 is 0. The van der Waals surface area contributed by atoms with Crippen molar-refractivity contribution < 1.29 is 9.53 Å². The molecule has 1 aromatic heterocycles. The van der Waals surface area contributed by atoms with Crippen LogP contribution in [-0.2, 0) is 9.53 Å². The van der Waals surface area contributed by atoms with Crippen LogP contribution < -0.4 is 5.73 Å². The van der Waals surface area contributed by atoms with E-state index in [1.807, 2.05) is 10.7 Å². The zero-order chi connectivity index (χ0) is 16.7. The van der Waals surface area contributed by atoms with Crippen molar-refractivity contribution in [1.29, 1.82) is 5.26 Å².